The Hall–Kier alpha value is -0.570. The number of nitrogens with zero attached hydrogens (tertiary/aromatic N) is 1. The van der Waals surface area contributed by atoms with Crippen LogP contribution in [0.15, 0.2) is 0 Å². The predicted molar refractivity (Wildman–Crippen MR) is 62.7 cm³/mol. The van der Waals surface area contributed by atoms with Crippen LogP contribution in [0.4, 0.5) is 0 Å². The average Bonchev–Trinajstić information content (AvgIpc) is 2.63. The first-order valence-corrected chi connectivity index (χ1v) is 5.87. The molecule has 1 saturated heterocycles. The van der Waals surface area contributed by atoms with Gasteiger partial charge in [0.25, 0.3) is 0 Å². The van der Waals surface area contributed by atoms with Crippen LogP contribution in [0.5, 0.6) is 0 Å². The molecule has 1 atom stereocenters. The second-order valence-electron chi connectivity index (χ2n) is 5.62. The van der Waals surface area contributed by atoms with E-state index < -0.39 is 0 Å². The minimum atomic E-state index is -0.247. The Bertz CT molecular complexity index is 214. The highest BCUT2D eigenvalue weighted by atomic mass is 16.2. The number of hydrogen-bond donors (Lipinski definition) is 1. The summed E-state index contributed by atoms with van der Waals surface area (Å²) in [4.78, 5) is 13.8. The zero-order chi connectivity index (χ0) is 11.5. The molecule has 0 bridgehead atoms. The van der Waals surface area contributed by atoms with Gasteiger partial charge in [-0.3, -0.25) is 4.79 Å². The summed E-state index contributed by atoms with van der Waals surface area (Å²) in [5.41, 5.74) is -0.247. The van der Waals surface area contributed by atoms with Crippen molar-refractivity contribution in [3.8, 4) is 0 Å². The van der Waals surface area contributed by atoms with Crippen molar-refractivity contribution in [3.05, 3.63) is 0 Å². The van der Waals surface area contributed by atoms with Crippen molar-refractivity contribution in [3.63, 3.8) is 0 Å². The zero-order valence-corrected chi connectivity index (χ0v) is 10.5. The molecule has 1 unspecified atom stereocenters. The van der Waals surface area contributed by atoms with E-state index >= 15 is 0 Å². The van der Waals surface area contributed by atoms with Gasteiger partial charge in [0.15, 0.2) is 0 Å². The highest BCUT2D eigenvalue weighted by molar-refractivity contribution is 5.81. The minimum Gasteiger partial charge on any atom is -0.345 e. The fraction of sp³-hybridized carbons (Fsp3) is 0.917. The molecule has 1 heterocycles. The van der Waals surface area contributed by atoms with Crippen LogP contribution in [0.3, 0.4) is 0 Å². The van der Waals surface area contributed by atoms with Crippen LogP contribution >= 0.6 is 0 Å². The van der Waals surface area contributed by atoms with Crippen molar-refractivity contribution in [1.82, 2.24) is 10.2 Å². The Morgan fingerprint density at radius 3 is 2.60 bits per heavy atom. The lowest BCUT2D eigenvalue weighted by Gasteiger charge is -2.26. The lowest BCUT2D eigenvalue weighted by atomic mass is 9.94. The SMILES string of the molecule is CN(CCC1CCNC1)C(=O)C(C)(C)C. The normalized spacial score (nSPS) is 21.7. The van der Waals surface area contributed by atoms with Crippen LogP contribution in [0.1, 0.15) is 33.6 Å². The maximum Gasteiger partial charge on any atom is 0.227 e. The molecule has 1 amide bonds. The molecule has 0 aliphatic carbocycles. The maximum absolute atomic E-state index is 11.9. The van der Waals surface area contributed by atoms with Gasteiger partial charge in [0.05, 0.1) is 0 Å². The van der Waals surface area contributed by atoms with E-state index in [2.05, 4.69) is 5.32 Å². The largest absolute Gasteiger partial charge is 0.345 e. The summed E-state index contributed by atoms with van der Waals surface area (Å²) in [7, 11) is 1.91. The van der Waals surface area contributed by atoms with Gasteiger partial charge in [-0.15, -0.1) is 0 Å². The summed E-state index contributed by atoms with van der Waals surface area (Å²) >= 11 is 0. The molecule has 0 spiro atoms. The van der Waals surface area contributed by atoms with E-state index in [1.54, 1.807) is 0 Å². The topological polar surface area (TPSA) is 32.3 Å². The van der Waals surface area contributed by atoms with Gasteiger partial charge in [0.1, 0.15) is 0 Å². The van der Waals surface area contributed by atoms with Crippen molar-refractivity contribution >= 4 is 5.91 Å². The second kappa shape index (κ2) is 4.97. The van der Waals surface area contributed by atoms with Crippen LogP contribution in [-0.2, 0) is 4.79 Å². The molecule has 15 heavy (non-hydrogen) atoms. The van der Waals surface area contributed by atoms with E-state index in [-0.39, 0.29) is 11.3 Å². The maximum atomic E-state index is 11.9. The highest BCUT2D eigenvalue weighted by Gasteiger charge is 2.25. The number of rotatable bonds is 3. The van der Waals surface area contributed by atoms with Gasteiger partial charge in [-0.1, -0.05) is 20.8 Å². The van der Waals surface area contributed by atoms with E-state index in [0.717, 1.165) is 32.0 Å². The second-order valence-corrected chi connectivity index (χ2v) is 5.62. The van der Waals surface area contributed by atoms with Crippen LogP contribution in [0.2, 0.25) is 0 Å². The van der Waals surface area contributed by atoms with Crippen molar-refractivity contribution in [2.45, 2.75) is 33.6 Å². The fourth-order valence-corrected chi connectivity index (χ4v) is 2.01. The lowest BCUT2D eigenvalue weighted by molar-refractivity contribution is -0.138. The molecule has 1 rings (SSSR count). The molecular formula is C12H24N2O. The molecule has 1 fully saturated rings. The third kappa shape index (κ3) is 3.82. The van der Waals surface area contributed by atoms with E-state index in [0.29, 0.717) is 0 Å². The third-order valence-electron chi connectivity index (χ3n) is 3.02. The molecule has 1 aliphatic rings. The van der Waals surface area contributed by atoms with Gasteiger partial charge in [-0.25, -0.2) is 0 Å². The summed E-state index contributed by atoms with van der Waals surface area (Å²) in [6.07, 6.45) is 2.39. The van der Waals surface area contributed by atoms with Gasteiger partial charge in [-0.2, -0.15) is 0 Å². The Balaban J connectivity index is 2.28. The number of nitrogens with one attached hydrogen (secondary N) is 1. The van der Waals surface area contributed by atoms with Crippen LogP contribution in [0.25, 0.3) is 0 Å². The number of amides is 1. The Kier molecular flexibility index (Phi) is 4.14. The molecule has 0 aromatic rings. The first-order chi connectivity index (χ1) is 6.91. The average molecular weight is 212 g/mol. The Labute approximate surface area is 93.2 Å². The standard InChI is InChI=1S/C12H24N2O/c1-12(2,3)11(15)14(4)8-6-10-5-7-13-9-10/h10,13H,5-9H2,1-4H3. The van der Waals surface area contributed by atoms with Gasteiger partial charge in [0.2, 0.25) is 5.91 Å². The van der Waals surface area contributed by atoms with E-state index in [9.17, 15) is 4.79 Å². The van der Waals surface area contributed by atoms with E-state index in [1.165, 1.54) is 6.42 Å². The van der Waals surface area contributed by atoms with Crippen LogP contribution in [-0.4, -0.2) is 37.5 Å². The summed E-state index contributed by atoms with van der Waals surface area (Å²) in [5, 5.41) is 3.35. The monoisotopic (exact) mass is 212 g/mol. The highest BCUT2D eigenvalue weighted by Crippen LogP contribution is 2.18. The predicted octanol–water partition coefficient (Wildman–Crippen LogP) is 1.49. The van der Waals surface area contributed by atoms with Crippen LogP contribution in [0, 0.1) is 11.3 Å². The minimum absolute atomic E-state index is 0.244. The van der Waals surface area contributed by atoms with Gasteiger partial charge in [0, 0.05) is 19.0 Å². The third-order valence-corrected chi connectivity index (χ3v) is 3.02. The van der Waals surface area contributed by atoms with Crippen molar-refractivity contribution in [2.75, 3.05) is 26.7 Å². The molecule has 3 nitrogen and oxygen atoms in total. The first-order valence-electron chi connectivity index (χ1n) is 5.87. The van der Waals surface area contributed by atoms with Gasteiger partial charge < -0.3 is 10.2 Å². The summed E-state index contributed by atoms with van der Waals surface area (Å²) < 4.78 is 0. The molecule has 0 aromatic heterocycles. The molecule has 0 saturated carbocycles. The number of carbonyl (C=O) groups excluding carboxylic acids is 1. The lowest BCUT2D eigenvalue weighted by Crippen LogP contribution is -2.37. The van der Waals surface area contributed by atoms with Crippen molar-refractivity contribution < 1.29 is 4.79 Å². The molecule has 1 N–H and O–H groups in total. The van der Waals surface area contributed by atoms with Gasteiger partial charge in [-0.05, 0) is 31.8 Å². The zero-order valence-electron chi connectivity index (χ0n) is 10.5. The molecule has 3 heteroatoms. The van der Waals surface area contributed by atoms with E-state index in [4.69, 9.17) is 0 Å². The van der Waals surface area contributed by atoms with E-state index in [1.807, 2.05) is 32.7 Å². The number of carbonyl (C=O) groups is 1. The molecular weight excluding hydrogens is 188 g/mol. The molecule has 0 aromatic carbocycles. The molecule has 0 radical (unpaired) electrons. The summed E-state index contributed by atoms with van der Waals surface area (Å²) in [6, 6.07) is 0. The number of hydrogen-bond acceptors (Lipinski definition) is 2. The quantitative estimate of drug-likeness (QED) is 0.768. The molecule has 88 valence electrons. The smallest absolute Gasteiger partial charge is 0.227 e. The van der Waals surface area contributed by atoms with Crippen molar-refractivity contribution in [2.24, 2.45) is 11.3 Å². The summed E-state index contributed by atoms with van der Waals surface area (Å²) in [5.74, 6) is 1.01. The summed E-state index contributed by atoms with van der Waals surface area (Å²) in [6.45, 7) is 9.08. The molecule has 1 aliphatic heterocycles. The fourth-order valence-electron chi connectivity index (χ4n) is 2.01. The van der Waals surface area contributed by atoms with Gasteiger partial charge >= 0.3 is 0 Å². The van der Waals surface area contributed by atoms with Crippen LogP contribution < -0.4 is 5.32 Å². The Morgan fingerprint density at radius 1 is 1.47 bits per heavy atom. The van der Waals surface area contributed by atoms with Crippen molar-refractivity contribution in [1.29, 1.82) is 0 Å². The Morgan fingerprint density at radius 2 is 2.13 bits per heavy atom. The first kappa shape index (κ1) is 12.5.